The summed E-state index contributed by atoms with van der Waals surface area (Å²) in [4.78, 5) is 14.4. The molecule has 2 N–H and O–H groups in total. The topological polar surface area (TPSA) is 65.2 Å². The molecule has 1 aromatic rings. The minimum Gasteiger partial charge on any atom is -0.466 e. The maximum Gasteiger partial charge on any atom is 0.311 e. The number of hydrogen-bond acceptors (Lipinski definition) is 4. The zero-order valence-electron chi connectivity index (χ0n) is 9.04. The summed E-state index contributed by atoms with van der Waals surface area (Å²) in [5, 5.41) is 0. The van der Waals surface area contributed by atoms with Crippen LogP contribution in [-0.4, -0.2) is 17.6 Å². The van der Waals surface area contributed by atoms with Crippen molar-refractivity contribution in [2.45, 2.75) is 19.8 Å². The third-order valence-corrected chi connectivity index (χ3v) is 1.97. The number of rotatable bonds is 4. The lowest BCUT2D eigenvalue weighted by Crippen LogP contribution is -2.13. The molecule has 0 amide bonds. The quantitative estimate of drug-likeness (QED) is 0.652. The van der Waals surface area contributed by atoms with Gasteiger partial charge in [-0.3, -0.25) is 4.79 Å². The summed E-state index contributed by atoms with van der Waals surface area (Å²) >= 11 is 0. The van der Waals surface area contributed by atoms with Gasteiger partial charge in [-0.05, 0) is 6.92 Å². The second kappa shape index (κ2) is 5.51. The van der Waals surface area contributed by atoms with Gasteiger partial charge in [0.2, 0.25) is 5.95 Å². The van der Waals surface area contributed by atoms with E-state index in [-0.39, 0.29) is 6.61 Å². The van der Waals surface area contributed by atoms with E-state index in [9.17, 15) is 18.0 Å². The molecular weight excluding hydrogens is 237 g/mol. The first-order chi connectivity index (χ1) is 7.95. The molecule has 0 aromatic carbocycles. The van der Waals surface area contributed by atoms with E-state index in [0.29, 0.717) is 6.07 Å². The first kappa shape index (κ1) is 13.3. The predicted octanol–water partition coefficient (Wildman–Crippen LogP) is 1.85. The number of pyridine rings is 1. The average molecular weight is 248 g/mol. The van der Waals surface area contributed by atoms with Crippen LogP contribution in [0, 0.1) is 5.95 Å². The SMILES string of the molecule is CCOC(=O)Cc1nc(F)cc(N)c1C(F)F. The van der Waals surface area contributed by atoms with Crippen molar-refractivity contribution in [3.05, 3.63) is 23.3 Å². The van der Waals surface area contributed by atoms with Crippen LogP contribution in [0.25, 0.3) is 0 Å². The van der Waals surface area contributed by atoms with E-state index in [1.807, 2.05) is 0 Å². The van der Waals surface area contributed by atoms with Crippen molar-refractivity contribution < 1.29 is 22.7 Å². The molecule has 0 bridgehead atoms. The van der Waals surface area contributed by atoms with Gasteiger partial charge in [-0.25, -0.2) is 13.8 Å². The monoisotopic (exact) mass is 248 g/mol. The minimum absolute atomic E-state index is 0.105. The normalized spacial score (nSPS) is 10.6. The Kier molecular flexibility index (Phi) is 4.30. The number of halogens is 3. The van der Waals surface area contributed by atoms with E-state index in [2.05, 4.69) is 9.72 Å². The maximum atomic E-state index is 12.9. The summed E-state index contributed by atoms with van der Waals surface area (Å²) in [5.41, 5.74) is 3.82. The van der Waals surface area contributed by atoms with Gasteiger partial charge in [-0.2, -0.15) is 4.39 Å². The number of nitrogens with zero attached hydrogens (tertiary/aromatic N) is 1. The first-order valence-electron chi connectivity index (χ1n) is 4.84. The van der Waals surface area contributed by atoms with Gasteiger partial charge in [0.1, 0.15) is 0 Å². The molecule has 94 valence electrons. The maximum absolute atomic E-state index is 12.9. The molecule has 0 radical (unpaired) electrons. The van der Waals surface area contributed by atoms with E-state index >= 15 is 0 Å². The van der Waals surface area contributed by atoms with Crippen molar-refractivity contribution in [3.63, 3.8) is 0 Å². The fraction of sp³-hybridized carbons (Fsp3) is 0.400. The minimum atomic E-state index is -2.92. The Labute approximate surface area is 95.6 Å². The number of carbonyl (C=O) groups is 1. The number of anilines is 1. The standard InChI is InChI=1S/C10H11F3N2O2/c1-2-17-8(16)4-6-9(10(12)13)5(14)3-7(11)15-6/h3,10H,2,4H2,1H3,(H2,14,15). The summed E-state index contributed by atoms with van der Waals surface area (Å²) in [6.07, 6.45) is -3.46. The van der Waals surface area contributed by atoms with E-state index in [1.54, 1.807) is 6.92 Å². The van der Waals surface area contributed by atoms with Gasteiger partial charge < -0.3 is 10.5 Å². The lowest BCUT2D eigenvalue weighted by atomic mass is 10.1. The van der Waals surface area contributed by atoms with Crippen molar-refractivity contribution in [3.8, 4) is 0 Å². The highest BCUT2D eigenvalue weighted by atomic mass is 19.3. The molecular formula is C10H11F3N2O2. The number of ether oxygens (including phenoxy) is 1. The number of hydrogen-bond donors (Lipinski definition) is 1. The van der Waals surface area contributed by atoms with Crippen LogP contribution in [0.15, 0.2) is 6.07 Å². The number of esters is 1. The Bertz CT molecular complexity index is 424. The van der Waals surface area contributed by atoms with Crippen molar-refractivity contribution in [2.24, 2.45) is 0 Å². The van der Waals surface area contributed by atoms with E-state index < -0.39 is 41.7 Å². The fourth-order valence-corrected chi connectivity index (χ4v) is 1.33. The second-order valence-corrected chi connectivity index (χ2v) is 3.18. The Balaban J connectivity index is 3.08. The van der Waals surface area contributed by atoms with Gasteiger partial charge in [0.25, 0.3) is 6.43 Å². The summed E-state index contributed by atoms with van der Waals surface area (Å²) in [5.74, 6) is -1.77. The average Bonchev–Trinajstić information content (AvgIpc) is 2.15. The van der Waals surface area contributed by atoms with Crippen LogP contribution in [0.1, 0.15) is 24.6 Å². The van der Waals surface area contributed by atoms with Crippen LogP contribution in [0.4, 0.5) is 18.9 Å². The molecule has 0 spiro atoms. The molecule has 0 unspecified atom stereocenters. The summed E-state index contributed by atoms with van der Waals surface area (Å²) in [7, 11) is 0. The lowest BCUT2D eigenvalue weighted by molar-refractivity contribution is -0.142. The zero-order chi connectivity index (χ0) is 13.0. The molecule has 0 aliphatic heterocycles. The molecule has 0 fully saturated rings. The molecule has 1 heterocycles. The highest BCUT2D eigenvalue weighted by molar-refractivity contribution is 5.73. The summed E-state index contributed by atoms with van der Waals surface area (Å²) < 4.78 is 42.8. The first-order valence-corrected chi connectivity index (χ1v) is 4.84. The summed E-state index contributed by atoms with van der Waals surface area (Å²) in [6, 6.07) is 0.691. The third kappa shape index (κ3) is 3.33. The van der Waals surface area contributed by atoms with E-state index in [1.165, 1.54) is 0 Å². The molecule has 1 aromatic heterocycles. The Morgan fingerprint density at radius 3 is 2.76 bits per heavy atom. The van der Waals surface area contributed by atoms with Gasteiger partial charge in [0.15, 0.2) is 0 Å². The number of nitrogens with two attached hydrogens (primary N) is 1. The number of alkyl halides is 2. The second-order valence-electron chi connectivity index (χ2n) is 3.18. The van der Waals surface area contributed by atoms with Gasteiger partial charge in [-0.1, -0.05) is 0 Å². The van der Waals surface area contributed by atoms with E-state index in [0.717, 1.165) is 0 Å². The molecule has 0 atom stereocenters. The molecule has 0 saturated carbocycles. The lowest BCUT2D eigenvalue weighted by Gasteiger charge is -2.10. The highest BCUT2D eigenvalue weighted by Gasteiger charge is 2.21. The van der Waals surface area contributed by atoms with Crippen molar-refractivity contribution in [2.75, 3.05) is 12.3 Å². The molecule has 1 rings (SSSR count). The highest BCUT2D eigenvalue weighted by Crippen LogP contribution is 2.28. The van der Waals surface area contributed by atoms with Gasteiger partial charge >= 0.3 is 5.97 Å². The number of aromatic nitrogens is 1. The van der Waals surface area contributed by atoms with E-state index in [4.69, 9.17) is 5.73 Å². The summed E-state index contributed by atoms with van der Waals surface area (Å²) in [6.45, 7) is 1.67. The van der Waals surface area contributed by atoms with Crippen LogP contribution < -0.4 is 5.73 Å². The smallest absolute Gasteiger partial charge is 0.311 e. The predicted molar refractivity (Wildman–Crippen MR) is 53.9 cm³/mol. The Morgan fingerprint density at radius 1 is 1.59 bits per heavy atom. The zero-order valence-corrected chi connectivity index (χ0v) is 9.04. The van der Waals surface area contributed by atoms with Crippen LogP contribution in [0.3, 0.4) is 0 Å². The van der Waals surface area contributed by atoms with Crippen LogP contribution in [0.5, 0.6) is 0 Å². The third-order valence-electron chi connectivity index (χ3n) is 1.97. The largest absolute Gasteiger partial charge is 0.466 e. The molecule has 0 aliphatic carbocycles. The molecule has 4 nitrogen and oxygen atoms in total. The van der Waals surface area contributed by atoms with Crippen molar-refractivity contribution in [1.29, 1.82) is 0 Å². The van der Waals surface area contributed by atoms with Gasteiger partial charge in [0, 0.05) is 11.8 Å². The van der Waals surface area contributed by atoms with Crippen LogP contribution >= 0.6 is 0 Å². The molecule has 17 heavy (non-hydrogen) atoms. The van der Waals surface area contributed by atoms with Crippen molar-refractivity contribution in [1.82, 2.24) is 4.98 Å². The molecule has 0 saturated heterocycles. The molecule has 7 heteroatoms. The van der Waals surface area contributed by atoms with Crippen LogP contribution in [0.2, 0.25) is 0 Å². The van der Waals surface area contributed by atoms with Crippen molar-refractivity contribution >= 4 is 11.7 Å². The Morgan fingerprint density at radius 2 is 2.24 bits per heavy atom. The van der Waals surface area contributed by atoms with Gasteiger partial charge in [-0.15, -0.1) is 0 Å². The van der Waals surface area contributed by atoms with Crippen LogP contribution in [-0.2, 0) is 16.0 Å². The fourth-order valence-electron chi connectivity index (χ4n) is 1.33. The Hall–Kier alpha value is -1.79. The van der Waals surface area contributed by atoms with Gasteiger partial charge in [0.05, 0.1) is 24.3 Å². The molecule has 0 aliphatic rings. The number of nitrogen functional groups attached to an aromatic ring is 1. The number of carbonyl (C=O) groups excluding carboxylic acids is 1.